The number of benzene rings is 1. The first-order valence-corrected chi connectivity index (χ1v) is 10.2. The molecule has 0 amide bonds. The maximum absolute atomic E-state index is 12.8. The fourth-order valence-corrected chi connectivity index (χ4v) is 7.72. The van der Waals surface area contributed by atoms with Crippen LogP contribution in [0, 0.1) is 0 Å². The lowest BCUT2D eigenvalue weighted by Crippen LogP contribution is -2.44. The van der Waals surface area contributed by atoms with E-state index in [0.29, 0.717) is 17.5 Å². The molecule has 0 saturated carbocycles. The van der Waals surface area contributed by atoms with Crippen LogP contribution in [-0.4, -0.2) is 53.5 Å². The monoisotopic (exact) mass is 345 g/mol. The van der Waals surface area contributed by atoms with Crippen LogP contribution < -0.4 is 0 Å². The van der Waals surface area contributed by atoms with Crippen LogP contribution in [0.25, 0.3) is 11.0 Å². The van der Waals surface area contributed by atoms with Crippen molar-refractivity contribution in [3.8, 4) is 0 Å². The third kappa shape index (κ3) is 1.86. The van der Waals surface area contributed by atoms with Gasteiger partial charge >= 0.3 is 0 Å². The summed E-state index contributed by atoms with van der Waals surface area (Å²) in [6.45, 7) is 0.0449. The molecule has 2 bridgehead atoms. The molecule has 2 aliphatic heterocycles. The Hall–Kier alpha value is -1.10. The van der Waals surface area contributed by atoms with Gasteiger partial charge in [-0.05, 0) is 18.6 Å². The predicted octanol–water partition coefficient (Wildman–Crippen LogP) is 0.251. The van der Waals surface area contributed by atoms with E-state index in [2.05, 4.69) is 8.75 Å². The van der Waals surface area contributed by atoms with Crippen LogP contribution in [0.1, 0.15) is 6.42 Å². The lowest BCUT2D eigenvalue weighted by Gasteiger charge is -2.26. The van der Waals surface area contributed by atoms with Crippen molar-refractivity contribution in [3.63, 3.8) is 0 Å². The summed E-state index contributed by atoms with van der Waals surface area (Å²) in [6.07, 6.45) is 0.396. The van der Waals surface area contributed by atoms with E-state index in [0.717, 1.165) is 11.7 Å². The Morgan fingerprint density at radius 3 is 2.76 bits per heavy atom. The normalized spacial score (nSPS) is 28.4. The fraction of sp³-hybridized carbons (Fsp3) is 0.455. The smallest absolute Gasteiger partial charge is 0.228 e. The van der Waals surface area contributed by atoms with Gasteiger partial charge in [0.1, 0.15) is 15.9 Å². The second kappa shape index (κ2) is 4.22. The van der Waals surface area contributed by atoms with Crippen molar-refractivity contribution >= 4 is 42.6 Å². The van der Waals surface area contributed by atoms with Crippen LogP contribution in [0.15, 0.2) is 23.1 Å². The zero-order chi connectivity index (χ0) is 14.8. The molecule has 1 aromatic heterocycles. The summed E-state index contributed by atoms with van der Waals surface area (Å²) in [5, 5.41) is -0.565. The van der Waals surface area contributed by atoms with E-state index in [9.17, 15) is 16.8 Å². The highest BCUT2D eigenvalue weighted by Gasteiger charge is 2.52. The Bertz CT molecular complexity index is 935. The number of sulfonamides is 1. The van der Waals surface area contributed by atoms with Crippen LogP contribution in [0.4, 0.5) is 0 Å². The van der Waals surface area contributed by atoms with E-state index in [4.69, 9.17) is 0 Å². The molecule has 3 heterocycles. The van der Waals surface area contributed by atoms with Gasteiger partial charge in [-0.3, -0.25) is 0 Å². The lowest BCUT2D eigenvalue weighted by molar-refractivity contribution is 0.403. The molecule has 2 fully saturated rings. The van der Waals surface area contributed by atoms with Gasteiger partial charge in [-0.25, -0.2) is 16.8 Å². The highest BCUT2D eigenvalue weighted by atomic mass is 32.2. The number of nitrogens with zero attached hydrogens (tertiary/aromatic N) is 3. The summed E-state index contributed by atoms with van der Waals surface area (Å²) in [7, 11) is -6.87. The standard InChI is InChI=1S/C11H11N3O4S3/c15-20(16)6-7-4-8(20)5-14(7)21(17,18)10-3-1-2-9-11(10)13-19-12-9/h1-3,7-8H,4-6H2. The SMILES string of the molecule is O=S1(=O)CC2CC1CN2S(=O)(=O)c1cccc2nsnc12. The molecule has 4 rings (SSSR count). The van der Waals surface area contributed by atoms with Crippen molar-refractivity contribution in [2.45, 2.75) is 22.6 Å². The molecule has 10 heteroatoms. The molecule has 2 aliphatic rings. The van der Waals surface area contributed by atoms with Gasteiger partial charge in [-0.15, -0.1) is 0 Å². The molecular weight excluding hydrogens is 334 g/mol. The zero-order valence-electron chi connectivity index (χ0n) is 10.7. The number of hydrogen-bond donors (Lipinski definition) is 0. The Kier molecular flexibility index (Phi) is 2.72. The molecule has 1 aromatic carbocycles. The molecule has 0 aliphatic carbocycles. The van der Waals surface area contributed by atoms with Gasteiger partial charge in [-0.2, -0.15) is 13.1 Å². The van der Waals surface area contributed by atoms with Gasteiger partial charge in [0.15, 0.2) is 9.84 Å². The Labute approximate surface area is 125 Å². The Morgan fingerprint density at radius 1 is 1.29 bits per heavy atom. The third-order valence-corrected chi connectivity index (χ3v) is 8.79. The third-order valence-electron chi connectivity index (χ3n) is 4.09. The number of rotatable bonds is 2. The molecule has 7 nitrogen and oxygen atoms in total. The van der Waals surface area contributed by atoms with E-state index in [1.807, 2.05) is 0 Å². The summed E-state index contributed by atoms with van der Waals surface area (Å²) in [5.74, 6) is -0.0812. The molecule has 0 radical (unpaired) electrons. The average molecular weight is 345 g/mol. The molecule has 2 aromatic rings. The first-order valence-electron chi connectivity index (χ1n) is 6.34. The quantitative estimate of drug-likeness (QED) is 0.774. The maximum atomic E-state index is 12.8. The van der Waals surface area contributed by atoms with Gasteiger partial charge in [0, 0.05) is 12.6 Å². The molecule has 2 atom stereocenters. The van der Waals surface area contributed by atoms with E-state index in [1.165, 1.54) is 10.4 Å². The average Bonchev–Trinajstić information content (AvgIpc) is 3.08. The minimum atomic E-state index is -3.74. The van der Waals surface area contributed by atoms with Gasteiger partial charge in [0.25, 0.3) is 0 Å². The molecule has 21 heavy (non-hydrogen) atoms. The van der Waals surface area contributed by atoms with Crippen molar-refractivity contribution in [1.82, 2.24) is 13.1 Å². The van der Waals surface area contributed by atoms with Crippen molar-refractivity contribution in [1.29, 1.82) is 0 Å². The van der Waals surface area contributed by atoms with Gasteiger partial charge in [-0.1, -0.05) is 6.07 Å². The van der Waals surface area contributed by atoms with Crippen molar-refractivity contribution < 1.29 is 16.8 Å². The summed E-state index contributed by atoms with van der Waals surface area (Å²) < 4.78 is 58.6. The Balaban J connectivity index is 1.81. The van der Waals surface area contributed by atoms with Crippen LogP contribution in [-0.2, 0) is 19.9 Å². The first kappa shape index (κ1) is 13.6. The second-order valence-corrected chi connectivity index (χ2v) is 10.0. The first-order chi connectivity index (χ1) is 9.89. The van der Waals surface area contributed by atoms with Crippen LogP contribution in [0.3, 0.4) is 0 Å². The van der Waals surface area contributed by atoms with Gasteiger partial charge < -0.3 is 0 Å². The second-order valence-electron chi connectivity index (χ2n) is 5.30. The van der Waals surface area contributed by atoms with E-state index >= 15 is 0 Å². The maximum Gasteiger partial charge on any atom is 0.245 e. The predicted molar refractivity (Wildman–Crippen MR) is 77.3 cm³/mol. The highest BCUT2D eigenvalue weighted by molar-refractivity contribution is 7.93. The molecular formula is C11H11N3O4S3. The van der Waals surface area contributed by atoms with Crippen molar-refractivity contribution in [2.24, 2.45) is 0 Å². The Morgan fingerprint density at radius 2 is 2.10 bits per heavy atom. The lowest BCUT2D eigenvalue weighted by atomic mass is 10.3. The highest BCUT2D eigenvalue weighted by Crippen LogP contribution is 2.37. The topological polar surface area (TPSA) is 97.3 Å². The molecule has 112 valence electrons. The molecule has 2 unspecified atom stereocenters. The van der Waals surface area contributed by atoms with Crippen LogP contribution in [0.5, 0.6) is 0 Å². The van der Waals surface area contributed by atoms with E-state index in [1.54, 1.807) is 12.1 Å². The number of fused-ring (bicyclic) bond motifs is 3. The van der Waals surface area contributed by atoms with Gasteiger partial charge in [0.2, 0.25) is 10.0 Å². The molecule has 0 spiro atoms. The largest absolute Gasteiger partial charge is 0.245 e. The van der Waals surface area contributed by atoms with Crippen LogP contribution in [0.2, 0.25) is 0 Å². The number of sulfone groups is 1. The summed E-state index contributed by atoms with van der Waals surface area (Å²) in [5.41, 5.74) is 0.895. The summed E-state index contributed by atoms with van der Waals surface area (Å²) >= 11 is 0.962. The number of aromatic nitrogens is 2. The van der Waals surface area contributed by atoms with Crippen LogP contribution >= 0.6 is 11.7 Å². The zero-order valence-corrected chi connectivity index (χ0v) is 13.2. The van der Waals surface area contributed by atoms with Gasteiger partial charge in [0.05, 0.1) is 22.7 Å². The minimum Gasteiger partial charge on any atom is -0.228 e. The van der Waals surface area contributed by atoms with Crippen molar-refractivity contribution in [2.75, 3.05) is 12.3 Å². The molecule has 2 saturated heterocycles. The summed E-state index contributed by atoms with van der Waals surface area (Å²) in [4.78, 5) is 0.110. The minimum absolute atomic E-state index is 0.0449. The van der Waals surface area contributed by atoms with E-state index in [-0.39, 0.29) is 17.2 Å². The van der Waals surface area contributed by atoms with E-state index < -0.39 is 31.2 Å². The summed E-state index contributed by atoms with van der Waals surface area (Å²) in [6, 6.07) is 4.38. The molecule has 0 N–H and O–H groups in total. The van der Waals surface area contributed by atoms with Crippen molar-refractivity contribution in [3.05, 3.63) is 18.2 Å². The fourth-order valence-electron chi connectivity index (χ4n) is 3.07. The number of hydrogen-bond acceptors (Lipinski definition) is 7.